The second-order valence-corrected chi connectivity index (χ2v) is 15.9. The molecule has 2 saturated carbocycles. The van der Waals surface area contributed by atoms with E-state index >= 15 is 4.79 Å². The van der Waals surface area contributed by atoms with Crippen LogP contribution in [-0.4, -0.2) is 62.9 Å². The van der Waals surface area contributed by atoms with Crippen LogP contribution in [0.3, 0.4) is 0 Å². The van der Waals surface area contributed by atoms with E-state index in [1.165, 1.54) is 20.1 Å². The van der Waals surface area contributed by atoms with Gasteiger partial charge in [-0.2, -0.15) is 0 Å². The number of benzene rings is 1. The Morgan fingerprint density at radius 2 is 1.79 bits per heavy atom. The molecule has 2 N–H and O–H groups in total. The van der Waals surface area contributed by atoms with Gasteiger partial charge >= 0.3 is 5.97 Å². The van der Waals surface area contributed by atoms with E-state index in [9.17, 15) is 19.8 Å². The van der Waals surface area contributed by atoms with Gasteiger partial charge in [0, 0.05) is 47.6 Å². The minimum atomic E-state index is -1.78. The van der Waals surface area contributed by atoms with Crippen molar-refractivity contribution in [3.8, 4) is 17.2 Å². The summed E-state index contributed by atoms with van der Waals surface area (Å²) in [6.07, 6.45) is 7.86. The molecule has 8 rings (SSSR count). The number of rotatable bonds is 7. The highest BCUT2D eigenvalue weighted by Crippen LogP contribution is 2.70. The number of carbonyl (C=O) groups is 3. The lowest BCUT2D eigenvalue weighted by Gasteiger charge is -2.59. The van der Waals surface area contributed by atoms with Crippen molar-refractivity contribution < 1.29 is 43.5 Å². The Bertz CT molecular complexity index is 1810. The molecule has 0 unspecified atom stereocenters. The van der Waals surface area contributed by atoms with Gasteiger partial charge in [-0.05, 0) is 92.6 Å². The van der Waals surface area contributed by atoms with Crippen LogP contribution in [0, 0.1) is 11.8 Å². The molecule has 3 heterocycles. The number of fused-ring (bicyclic) bond motifs is 5. The second kappa shape index (κ2) is 10.2. The molecule has 7 atom stereocenters. The summed E-state index contributed by atoms with van der Waals surface area (Å²) in [5.74, 6) is -1.97. The molecule has 256 valence electrons. The lowest BCUT2D eigenvalue weighted by molar-refractivity contribution is -0.190. The van der Waals surface area contributed by atoms with Crippen LogP contribution in [0.4, 0.5) is 0 Å². The van der Waals surface area contributed by atoms with Crippen LogP contribution < -0.4 is 9.47 Å². The van der Waals surface area contributed by atoms with E-state index in [4.69, 9.17) is 18.9 Å². The molecule has 9 heteroatoms. The number of carboxylic acid groups (broad SMARTS) is 1. The number of methoxy groups -OCH3 is 1. The second-order valence-electron chi connectivity index (χ2n) is 15.9. The SMILES string of the molecule is C=C(C)[C@H]1CC[C@]2(C)C[C@H]1c1c(O)c3c(c(CC=C(C)C)c1O2)O[C@]12C(=C[C@]4(OC)C[C@H]1C(C)(C)O[C@@]2(C/C=C(/C)C(=O)O)C4=O)C3=O. The maximum Gasteiger partial charge on any atom is 0.330 e. The first-order valence-corrected chi connectivity index (χ1v) is 17.0. The van der Waals surface area contributed by atoms with Crippen molar-refractivity contribution in [3.63, 3.8) is 0 Å². The standard InChI is InChI=1S/C39H46O9/c1-19(2)10-11-23-31-27(24-16-36(8,46-31)14-13-22(24)20(3)4)30(41)28-29(40)25-17-37(45-9)18-26-35(6,7)48-38(34(37)44,15-12-21(5)33(42)43)39(25,26)47-32(23)28/h10,12,17,22,24,26,41H,3,11,13-16,18H2,1-2,4-9H3,(H,42,43)/b21-12-/t22-,24-,26+,36-,37+,38+,39-/m1/s1. The Balaban J connectivity index is 1.55. The molecule has 1 spiro atoms. The fraction of sp³-hybridized carbons (Fsp3) is 0.564. The number of carboxylic acids is 1. The molecule has 4 aliphatic carbocycles. The molecule has 0 aromatic heterocycles. The number of ether oxygens (including phenoxy) is 4. The molecule has 0 radical (unpaired) electrons. The first kappa shape index (κ1) is 32.8. The first-order chi connectivity index (χ1) is 22.4. The number of ketones is 2. The van der Waals surface area contributed by atoms with Crippen molar-refractivity contribution >= 4 is 17.5 Å². The van der Waals surface area contributed by atoms with Crippen LogP contribution >= 0.6 is 0 Å². The summed E-state index contributed by atoms with van der Waals surface area (Å²) in [7, 11) is 1.44. The Kier molecular flexibility index (Phi) is 6.96. The van der Waals surface area contributed by atoms with Gasteiger partial charge in [-0.25, -0.2) is 4.79 Å². The minimum Gasteiger partial charge on any atom is -0.507 e. The zero-order valence-corrected chi connectivity index (χ0v) is 29.2. The van der Waals surface area contributed by atoms with Crippen molar-refractivity contribution in [2.45, 2.75) is 121 Å². The normalized spacial score (nSPS) is 36.6. The van der Waals surface area contributed by atoms with Gasteiger partial charge in [0.05, 0.1) is 5.60 Å². The topological polar surface area (TPSA) is 129 Å². The van der Waals surface area contributed by atoms with Crippen molar-refractivity contribution in [3.05, 3.63) is 63.8 Å². The fourth-order valence-corrected chi connectivity index (χ4v) is 9.87. The Hall–Kier alpha value is -3.69. The zero-order valence-electron chi connectivity index (χ0n) is 29.2. The predicted molar refractivity (Wildman–Crippen MR) is 178 cm³/mol. The van der Waals surface area contributed by atoms with Crippen LogP contribution in [0.2, 0.25) is 0 Å². The highest BCUT2D eigenvalue weighted by atomic mass is 16.6. The van der Waals surface area contributed by atoms with Crippen molar-refractivity contribution in [2.24, 2.45) is 11.8 Å². The van der Waals surface area contributed by atoms with Crippen LogP contribution in [0.5, 0.6) is 17.2 Å². The first-order valence-electron chi connectivity index (χ1n) is 17.0. The Morgan fingerprint density at radius 1 is 1.08 bits per heavy atom. The number of phenols is 1. The molecule has 3 fully saturated rings. The number of aromatic hydroxyl groups is 1. The summed E-state index contributed by atoms with van der Waals surface area (Å²) in [6.45, 7) is 17.6. The summed E-state index contributed by atoms with van der Waals surface area (Å²) in [5.41, 5.74) is -2.72. The molecule has 0 amide bonds. The Morgan fingerprint density at radius 3 is 2.42 bits per heavy atom. The number of carbonyl (C=O) groups excluding carboxylic acids is 2. The van der Waals surface area contributed by atoms with Gasteiger partial charge in [0.1, 0.15) is 34.0 Å². The van der Waals surface area contributed by atoms with Gasteiger partial charge < -0.3 is 29.2 Å². The predicted octanol–water partition coefficient (Wildman–Crippen LogP) is 6.71. The van der Waals surface area contributed by atoms with E-state index in [0.717, 1.165) is 24.0 Å². The fourth-order valence-electron chi connectivity index (χ4n) is 9.87. The molecule has 7 aliphatic rings. The van der Waals surface area contributed by atoms with Crippen molar-refractivity contribution in [2.75, 3.05) is 7.11 Å². The quantitative estimate of drug-likeness (QED) is 0.243. The van der Waals surface area contributed by atoms with E-state index in [-0.39, 0.29) is 52.9 Å². The van der Waals surface area contributed by atoms with Gasteiger partial charge in [0.15, 0.2) is 17.0 Å². The lowest BCUT2D eigenvalue weighted by atomic mass is 9.49. The molecule has 9 nitrogen and oxygen atoms in total. The average molecular weight is 659 g/mol. The largest absolute Gasteiger partial charge is 0.507 e. The molecule has 6 bridgehead atoms. The third-order valence-corrected chi connectivity index (χ3v) is 12.2. The molecule has 1 saturated heterocycles. The van der Waals surface area contributed by atoms with Gasteiger partial charge in [-0.1, -0.05) is 29.9 Å². The number of phenolic OH excluding ortho intramolecular Hbond substituents is 1. The highest BCUT2D eigenvalue weighted by molar-refractivity contribution is 6.20. The van der Waals surface area contributed by atoms with E-state index in [1.807, 2.05) is 40.7 Å². The third-order valence-electron chi connectivity index (χ3n) is 12.2. The molecule has 1 aromatic carbocycles. The molecular weight excluding hydrogens is 612 g/mol. The lowest BCUT2D eigenvalue weighted by Crippen LogP contribution is -2.77. The molecular formula is C39H46O9. The van der Waals surface area contributed by atoms with E-state index in [2.05, 4.69) is 13.5 Å². The van der Waals surface area contributed by atoms with Crippen LogP contribution in [0.25, 0.3) is 0 Å². The number of hydrogen-bond acceptors (Lipinski definition) is 8. The van der Waals surface area contributed by atoms with Gasteiger partial charge in [-0.3, -0.25) is 9.59 Å². The maximum absolute atomic E-state index is 15.2. The van der Waals surface area contributed by atoms with E-state index in [0.29, 0.717) is 29.7 Å². The zero-order chi connectivity index (χ0) is 34.9. The molecule has 48 heavy (non-hydrogen) atoms. The number of Topliss-reactive ketones (excluding diaryl/α,β-unsaturated/α-hetero) is 2. The minimum absolute atomic E-state index is 0.0376. The summed E-state index contributed by atoms with van der Waals surface area (Å²) in [6, 6.07) is 0. The summed E-state index contributed by atoms with van der Waals surface area (Å²) < 4.78 is 26.9. The molecule has 3 aliphatic heterocycles. The van der Waals surface area contributed by atoms with Crippen LogP contribution in [-0.2, 0) is 25.5 Å². The van der Waals surface area contributed by atoms with Crippen molar-refractivity contribution in [1.29, 1.82) is 0 Å². The van der Waals surface area contributed by atoms with E-state index in [1.54, 1.807) is 6.08 Å². The summed E-state index contributed by atoms with van der Waals surface area (Å²) >= 11 is 0. The Labute approximate surface area is 281 Å². The van der Waals surface area contributed by atoms with Gasteiger partial charge in [0.25, 0.3) is 0 Å². The smallest absolute Gasteiger partial charge is 0.330 e. The maximum atomic E-state index is 15.2. The summed E-state index contributed by atoms with van der Waals surface area (Å²) in [5, 5.41) is 22.0. The highest BCUT2D eigenvalue weighted by Gasteiger charge is 2.84. The number of hydrogen-bond donors (Lipinski definition) is 2. The van der Waals surface area contributed by atoms with Gasteiger partial charge in [-0.15, -0.1) is 0 Å². The summed E-state index contributed by atoms with van der Waals surface area (Å²) in [4.78, 5) is 41.8. The van der Waals surface area contributed by atoms with E-state index < -0.39 is 51.5 Å². The van der Waals surface area contributed by atoms with Crippen LogP contribution in [0.15, 0.2) is 47.1 Å². The van der Waals surface area contributed by atoms with Crippen LogP contribution in [0.1, 0.15) is 108 Å². The van der Waals surface area contributed by atoms with Gasteiger partial charge in [0.2, 0.25) is 5.78 Å². The molecule has 1 aromatic rings. The monoisotopic (exact) mass is 658 g/mol. The van der Waals surface area contributed by atoms with Crippen molar-refractivity contribution in [1.82, 2.24) is 0 Å². The number of allylic oxidation sites excluding steroid dienone is 3. The number of aliphatic carboxylic acids is 1. The average Bonchev–Trinajstić information content (AvgIpc) is 3.16. The third kappa shape index (κ3) is 4.00.